The van der Waals surface area contributed by atoms with Gasteiger partial charge in [0.2, 0.25) is 0 Å². The first-order valence-electron chi connectivity index (χ1n) is 7.64. The van der Waals surface area contributed by atoms with Crippen LogP contribution in [-0.2, 0) is 4.79 Å². The molecule has 124 valence electrons. The highest BCUT2D eigenvalue weighted by molar-refractivity contribution is 7.99. The van der Waals surface area contributed by atoms with Crippen LogP contribution in [0.4, 0.5) is 0 Å². The highest BCUT2D eigenvalue weighted by atomic mass is 32.2. The van der Waals surface area contributed by atoms with Crippen LogP contribution in [0, 0.1) is 13.8 Å². The summed E-state index contributed by atoms with van der Waals surface area (Å²) in [4.78, 5) is 20.6. The maximum Gasteiger partial charge on any atom is 0.250 e. The number of ether oxygens (including phenoxy) is 1. The number of aryl methyl sites for hydroxylation is 2. The van der Waals surface area contributed by atoms with Crippen molar-refractivity contribution in [2.45, 2.75) is 25.4 Å². The number of nitrogens with one attached hydrogen (secondary N) is 1. The van der Waals surface area contributed by atoms with Crippen molar-refractivity contribution in [2.75, 3.05) is 12.4 Å². The number of fused-ring (bicyclic) bond motifs is 1. The van der Waals surface area contributed by atoms with Gasteiger partial charge in [0.1, 0.15) is 5.75 Å². The predicted octanol–water partition coefficient (Wildman–Crippen LogP) is 2.49. The van der Waals surface area contributed by atoms with Crippen molar-refractivity contribution in [1.29, 1.82) is 0 Å². The van der Waals surface area contributed by atoms with E-state index in [1.807, 2.05) is 44.2 Å². The number of rotatable bonds is 4. The Hall–Kier alpha value is -2.41. The van der Waals surface area contributed by atoms with Crippen LogP contribution in [-0.4, -0.2) is 33.9 Å². The molecule has 1 N–H and O–H groups in total. The highest BCUT2D eigenvalue weighted by Gasteiger charge is 2.16. The molecule has 0 saturated carbocycles. The van der Waals surface area contributed by atoms with Crippen molar-refractivity contribution in [1.82, 2.24) is 15.4 Å². The Labute approximate surface area is 144 Å². The normalized spacial score (nSPS) is 14.8. The predicted molar refractivity (Wildman–Crippen MR) is 93.5 cm³/mol. The number of benzene rings is 1. The molecule has 6 nitrogen and oxygen atoms in total. The number of para-hydroxylation sites is 1. The second-order valence-corrected chi connectivity index (χ2v) is 6.35. The van der Waals surface area contributed by atoms with Crippen molar-refractivity contribution in [3.63, 3.8) is 0 Å². The molecule has 1 aliphatic rings. The van der Waals surface area contributed by atoms with Gasteiger partial charge < -0.3 is 4.74 Å². The molecule has 3 rings (SSSR count). The van der Waals surface area contributed by atoms with Gasteiger partial charge in [0.25, 0.3) is 5.91 Å². The average molecular weight is 342 g/mol. The molecule has 0 unspecified atom stereocenters. The van der Waals surface area contributed by atoms with Crippen LogP contribution >= 0.6 is 11.8 Å². The molecule has 2 heterocycles. The Morgan fingerprint density at radius 3 is 2.83 bits per heavy atom. The number of thioether (sulfide) groups is 1. The summed E-state index contributed by atoms with van der Waals surface area (Å²) in [5.41, 5.74) is 6.15. The number of aromatic nitrogens is 2. The lowest BCUT2D eigenvalue weighted by molar-refractivity contribution is -0.118. The van der Waals surface area contributed by atoms with Gasteiger partial charge in [-0.3, -0.25) is 4.79 Å². The first-order chi connectivity index (χ1) is 11.6. The van der Waals surface area contributed by atoms with Gasteiger partial charge in [-0.1, -0.05) is 23.9 Å². The summed E-state index contributed by atoms with van der Waals surface area (Å²) in [7, 11) is 0. The van der Waals surface area contributed by atoms with Gasteiger partial charge >= 0.3 is 0 Å². The van der Waals surface area contributed by atoms with E-state index in [0.717, 1.165) is 28.4 Å². The molecule has 0 radical (unpaired) electrons. The average Bonchev–Trinajstić information content (AvgIpc) is 2.57. The second kappa shape index (κ2) is 7.44. The number of carbonyl (C=O) groups excluding carboxylic acids is 1. The van der Waals surface area contributed by atoms with Gasteiger partial charge in [0, 0.05) is 23.4 Å². The lowest BCUT2D eigenvalue weighted by atomic mass is 10.0. The summed E-state index contributed by atoms with van der Waals surface area (Å²) in [6.45, 7) is 4.39. The van der Waals surface area contributed by atoms with E-state index in [2.05, 4.69) is 20.5 Å². The lowest BCUT2D eigenvalue weighted by Gasteiger charge is -2.18. The lowest BCUT2D eigenvalue weighted by Crippen LogP contribution is -2.24. The molecule has 0 aliphatic carbocycles. The second-order valence-electron chi connectivity index (χ2n) is 5.41. The van der Waals surface area contributed by atoms with Crippen molar-refractivity contribution < 1.29 is 9.53 Å². The smallest absolute Gasteiger partial charge is 0.250 e. The molecule has 1 aromatic heterocycles. The van der Waals surface area contributed by atoms with E-state index in [0.29, 0.717) is 18.2 Å². The minimum Gasteiger partial charge on any atom is -0.492 e. The van der Waals surface area contributed by atoms with Crippen LogP contribution in [0.2, 0.25) is 0 Å². The van der Waals surface area contributed by atoms with Gasteiger partial charge in [0.15, 0.2) is 5.16 Å². The Morgan fingerprint density at radius 1 is 1.29 bits per heavy atom. The molecule has 1 aliphatic heterocycles. The summed E-state index contributed by atoms with van der Waals surface area (Å²) in [6, 6.07) is 9.59. The molecular formula is C17H18N4O2S. The van der Waals surface area contributed by atoms with E-state index < -0.39 is 0 Å². The molecule has 0 atom stereocenters. The highest BCUT2D eigenvalue weighted by Crippen LogP contribution is 2.24. The molecule has 0 spiro atoms. The minimum absolute atomic E-state index is 0.181. The van der Waals surface area contributed by atoms with Crippen LogP contribution < -0.4 is 10.2 Å². The fourth-order valence-corrected chi connectivity index (χ4v) is 3.13. The zero-order valence-electron chi connectivity index (χ0n) is 13.6. The fourth-order valence-electron chi connectivity index (χ4n) is 2.39. The van der Waals surface area contributed by atoms with Crippen molar-refractivity contribution >= 4 is 23.4 Å². The van der Waals surface area contributed by atoms with Gasteiger partial charge in [-0.15, -0.1) is 0 Å². The third-order valence-electron chi connectivity index (χ3n) is 3.40. The Morgan fingerprint density at radius 2 is 2.04 bits per heavy atom. The first kappa shape index (κ1) is 16.4. The first-order valence-corrected chi connectivity index (χ1v) is 8.63. The van der Waals surface area contributed by atoms with Crippen molar-refractivity contribution in [3.8, 4) is 5.75 Å². The van der Waals surface area contributed by atoms with Gasteiger partial charge in [-0.2, -0.15) is 5.10 Å². The zero-order valence-corrected chi connectivity index (χ0v) is 14.4. The topological polar surface area (TPSA) is 76.5 Å². The fraction of sp³-hybridized carbons (Fsp3) is 0.294. The SMILES string of the molecule is Cc1cc(C)nc(SCC(=O)NN=C2CCOc3ccccc32)n1. The number of hydrazone groups is 1. The Kier molecular flexibility index (Phi) is 5.10. The van der Waals surface area contributed by atoms with Crippen molar-refractivity contribution in [2.24, 2.45) is 5.10 Å². The molecule has 0 saturated heterocycles. The largest absolute Gasteiger partial charge is 0.492 e. The van der Waals surface area contributed by atoms with Crippen LogP contribution in [0.15, 0.2) is 40.6 Å². The molecule has 1 aromatic carbocycles. The van der Waals surface area contributed by atoms with Crippen LogP contribution in [0.25, 0.3) is 0 Å². The number of hydrogen-bond donors (Lipinski definition) is 1. The van der Waals surface area contributed by atoms with E-state index in [1.165, 1.54) is 11.8 Å². The Bertz CT molecular complexity index is 772. The molecule has 0 bridgehead atoms. The summed E-state index contributed by atoms with van der Waals surface area (Å²) < 4.78 is 5.57. The summed E-state index contributed by atoms with van der Waals surface area (Å²) in [5, 5.41) is 4.86. The van der Waals surface area contributed by atoms with E-state index in [-0.39, 0.29) is 11.7 Å². The molecular weight excluding hydrogens is 324 g/mol. The third-order valence-corrected chi connectivity index (χ3v) is 4.25. The van der Waals surface area contributed by atoms with Crippen molar-refractivity contribution in [3.05, 3.63) is 47.3 Å². The molecule has 1 amide bonds. The summed E-state index contributed by atoms with van der Waals surface area (Å²) in [5.74, 6) is 0.839. The number of carbonyl (C=O) groups is 1. The molecule has 0 fully saturated rings. The monoisotopic (exact) mass is 342 g/mol. The molecule has 7 heteroatoms. The third kappa shape index (κ3) is 4.11. The maximum absolute atomic E-state index is 12.0. The van der Waals surface area contributed by atoms with E-state index in [1.54, 1.807) is 0 Å². The van der Waals surface area contributed by atoms with E-state index >= 15 is 0 Å². The quantitative estimate of drug-likeness (QED) is 0.525. The van der Waals surface area contributed by atoms with E-state index in [9.17, 15) is 4.79 Å². The molecule has 24 heavy (non-hydrogen) atoms. The summed E-state index contributed by atoms with van der Waals surface area (Å²) >= 11 is 1.30. The number of amides is 1. The van der Waals surface area contributed by atoms with Crippen LogP contribution in [0.3, 0.4) is 0 Å². The minimum atomic E-state index is -0.181. The molecule has 2 aromatic rings. The van der Waals surface area contributed by atoms with Gasteiger partial charge in [-0.25, -0.2) is 15.4 Å². The number of hydrogen-bond acceptors (Lipinski definition) is 6. The number of nitrogens with zero attached hydrogens (tertiary/aromatic N) is 3. The standard InChI is InChI=1S/C17H18N4O2S/c1-11-9-12(2)19-17(18-11)24-10-16(22)21-20-14-7-8-23-15-6-4-3-5-13(14)15/h3-6,9H,7-8,10H2,1-2H3,(H,21,22). The maximum atomic E-state index is 12.0. The van der Waals surface area contributed by atoms with Gasteiger partial charge in [0.05, 0.1) is 18.1 Å². The van der Waals surface area contributed by atoms with Crippen LogP contribution in [0.5, 0.6) is 5.75 Å². The van der Waals surface area contributed by atoms with Gasteiger partial charge in [-0.05, 0) is 32.0 Å². The van der Waals surface area contributed by atoms with E-state index in [4.69, 9.17) is 4.74 Å². The zero-order chi connectivity index (χ0) is 16.9. The summed E-state index contributed by atoms with van der Waals surface area (Å²) in [6.07, 6.45) is 0.671. The Balaban J connectivity index is 1.60. The van der Waals surface area contributed by atoms with Crippen LogP contribution in [0.1, 0.15) is 23.4 Å².